The fourth-order valence-corrected chi connectivity index (χ4v) is 4.93. The molecule has 2 fully saturated rings. The Labute approximate surface area is 120 Å². The van der Waals surface area contributed by atoms with E-state index in [0.29, 0.717) is 17.5 Å². The summed E-state index contributed by atoms with van der Waals surface area (Å²) in [5.74, 6) is 1.27. The molecule has 2 aliphatic rings. The fourth-order valence-electron chi connectivity index (χ4n) is 4.61. The predicted octanol–water partition coefficient (Wildman–Crippen LogP) is 3.31. The zero-order valence-electron chi connectivity index (χ0n) is 11.4. The van der Waals surface area contributed by atoms with Crippen LogP contribution in [0.1, 0.15) is 38.2 Å². The van der Waals surface area contributed by atoms with Crippen LogP contribution in [0.3, 0.4) is 0 Å². The lowest BCUT2D eigenvalue weighted by atomic mass is 9.60. The number of halogens is 1. The van der Waals surface area contributed by atoms with Crippen molar-refractivity contribution < 1.29 is 5.11 Å². The van der Waals surface area contributed by atoms with Crippen molar-refractivity contribution in [2.45, 2.75) is 38.2 Å². The highest BCUT2D eigenvalue weighted by atomic mass is 35.5. The van der Waals surface area contributed by atoms with Crippen molar-refractivity contribution in [3.05, 3.63) is 34.9 Å². The quantitative estimate of drug-likeness (QED) is 0.892. The Kier molecular flexibility index (Phi) is 3.16. The Morgan fingerprint density at radius 2 is 2.16 bits per heavy atom. The van der Waals surface area contributed by atoms with Gasteiger partial charge in [-0.1, -0.05) is 36.2 Å². The minimum atomic E-state index is -0.945. The number of fused-ring (bicyclic) bond motifs is 2. The monoisotopic (exact) mass is 279 g/mol. The second-order valence-corrected chi connectivity index (χ2v) is 6.90. The van der Waals surface area contributed by atoms with Crippen LogP contribution in [0, 0.1) is 17.3 Å². The van der Waals surface area contributed by atoms with Crippen molar-refractivity contribution in [3.8, 4) is 0 Å². The van der Waals surface area contributed by atoms with Crippen LogP contribution in [-0.2, 0) is 5.60 Å². The van der Waals surface area contributed by atoms with E-state index in [4.69, 9.17) is 17.3 Å². The van der Waals surface area contributed by atoms with Crippen molar-refractivity contribution in [2.75, 3.05) is 6.54 Å². The van der Waals surface area contributed by atoms with E-state index >= 15 is 0 Å². The summed E-state index contributed by atoms with van der Waals surface area (Å²) in [6, 6.07) is 7.62. The number of hydrogen-bond acceptors (Lipinski definition) is 2. The van der Waals surface area contributed by atoms with Gasteiger partial charge < -0.3 is 10.8 Å². The first kappa shape index (κ1) is 13.4. The van der Waals surface area contributed by atoms with E-state index in [1.165, 1.54) is 19.3 Å². The van der Waals surface area contributed by atoms with Crippen LogP contribution in [0.25, 0.3) is 0 Å². The van der Waals surface area contributed by atoms with Crippen LogP contribution in [0.2, 0.25) is 5.02 Å². The van der Waals surface area contributed by atoms with Crippen LogP contribution in [0.5, 0.6) is 0 Å². The molecule has 0 heterocycles. The van der Waals surface area contributed by atoms with Gasteiger partial charge in [-0.2, -0.15) is 0 Å². The Bertz CT molecular complexity index is 487. The largest absolute Gasteiger partial charge is 0.385 e. The second-order valence-electron chi connectivity index (χ2n) is 6.49. The normalized spacial score (nSPS) is 36.4. The van der Waals surface area contributed by atoms with Crippen LogP contribution in [0.4, 0.5) is 0 Å². The van der Waals surface area contributed by atoms with Crippen LogP contribution >= 0.6 is 11.6 Å². The molecule has 0 amide bonds. The van der Waals surface area contributed by atoms with Crippen molar-refractivity contribution in [2.24, 2.45) is 23.0 Å². The molecular weight excluding hydrogens is 258 g/mol. The van der Waals surface area contributed by atoms with E-state index < -0.39 is 5.60 Å². The molecule has 0 saturated heterocycles. The minimum Gasteiger partial charge on any atom is -0.385 e. The molecule has 3 rings (SSSR count). The second kappa shape index (κ2) is 4.47. The molecule has 2 bridgehead atoms. The molecule has 0 aliphatic heterocycles. The van der Waals surface area contributed by atoms with Gasteiger partial charge in [0.05, 0.1) is 5.60 Å². The highest BCUT2D eigenvalue weighted by Gasteiger charge is 2.59. The summed E-state index contributed by atoms with van der Waals surface area (Å²) >= 11 is 6.31. The molecule has 19 heavy (non-hydrogen) atoms. The minimum absolute atomic E-state index is 0.207. The van der Waals surface area contributed by atoms with Crippen molar-refractivity contribution in [3.63, 3.8) is 0 Å². The Morgan fingerprint density at radius 3 is 2.68 bits per heavy atom. The summed E-state index contributed by atoms with van der Waals surface area (Å²) in [6.45, 7) is 2.44. The lowest BCUT2D eigenvalue weighted by molar-refractivity contribution is -0.103. The van der Waals surface area contributed by atoms with Gasteiger partial charge in [0.15, 0.2) is 0 Å². The maximum absolute atomic E-state index is 11.3. The summed E-state index contributed by atoms with van der Waals surface area (Å²) < 4.78 is 0. The summed E-state index contributed by atoms with van der Waals surface area (Å²) in [5, 5.41) is 11.9. The van der Waals surface area contributed by atoms with Gasteiger partial charge in [0.25, 0.3) is 0 Å². The fraction of sp³-hybridized carbons (Fsp3) is 0.625. The molecule has 4 unspecified atom stereocenters. The van der Waals surface area contributed by atoms with Crippen molar-refractivity contribution in [1.29, 1.82) is 0 Å². The van der Waals surface area contributed by atoms with Gasteiger partial charge in [0.1, 0.15) is 0 Å². The van der Waals surface area contributed by atoms with Gasteiger partial charge in [-0.25, -0.2) is 0 Å². The van der Waals surface area contributed by atoms with E-state index in [-0.39, 0.29) is 5.41 Å². The Balaban J connectivity index is 2.06. The van der Waals surface area contributed by atoms with Gasteiger partial charge in [0, 0.05) is 22.5 Å². The number of benzene rings is 1. The van der Waals surface area contributed by atoms with Gasteiger partial charge in [-0.15, -0.1) is 0 Å². The molecule has 2 nitrogen and oxygen atoms in total. The summed E-state index contributed by atoms with van der Waals surface area (Å²) in [6.07, 6.45) is 4.75. The molecule has 4 atom stereocenters. The Morgan fingerprint density at radius 1 is 1.42 bits per heavy atom. The van der Waals surface area contributed by atoms with Gasteiger partial charge in [-0.05, 0) is 44.1 Å². The molecule has 0 spiro atoms. The lowest BCUT2D eigenvalue weighted by Gasteiger charge is -2.48. The topological polar surface area (TPSA) is 46.2 Å². The van der Waals surface area contributed by atoms with E-state index in [0.717, 1.165) is 17.9 Å². The molecule has 3 N–H and O–H groups in total. The van der Waals surface area contributed by atoms with Gasteiger partial charge in [-0.3, -0.25) is 0 Å². The first-order valence-corrected chi connectivity index (χ1v) is 7.56. The summed E-state index contributed by atoms with van der Waals surface area (Å²) in [7, 11) is 0. The highest BCUT2D eigenvalue weighted by molar-refractivity contribution is 6.31. The van der Waals surface area contributed by atoms with E-state index in [2.05, 4.69) is 0 Å². The molecule has 1 aromatic carbocycles. The SMILES string of the molecule is CC(O)(c1ccccc1Cl)C1(CN)CC2CCC1C2. The van der Waals surface area contributed by atoms with Gasteiger partial charge >= 0.3 is 0 Å². The molecule has 104 valence electrons. The molecule has 0 aromatic heterocycles. The summed E-state index contributed by atoms with van der Waals surface area (Å²) in [5.41, 5.74) is 5.80. The molecule has 3 heteroatoms. The number of hydrogen-bond donors (Lipinski definition) is 2. The van der Waals surface area contributed by atoms with E-state index in [9.17, 15) is 5.11 Å². The number of nitrogens with two attached hydrogens (primary N) is 1. The highest BCUT2D eigenvalue weighted by Crippen LogP contribution is 2.62. The number of rotatable bonds is 3. The summed E-state index contributed by atoms with van der Waals surface area (Å²) in [4.78, 5) is 0. The van der Waals surface area contributed by atoms with E-state index in [1.54, 1.807) is 0 Å². The third kappa shape index (κ3) is 1.77. The third-order valence-corrected chi connectivity index (χ3v) is 6.04. The maximum atomic E-state index is 11.3. The van der Waals surface area contributed by atoms with Gasteiger partial charge in [0.2, 0.25) is 0 Å². The lowest BCUT2D eigenvalue weighted by Crippen LogP contribution is -2.52. The first-order chi connectivity index (χ1) is 9.01. The zero-order chi connectivity index (χ0) is 13.7. The smallest absolute Gasteiger partial charge is 0.0953 e. The van der Waals surface area contributed by atoms with Crippen LogP contribution in [-0.4, -0.2) is 11.7 Å². The molecule has 1 aromatic rings. The molecule has 0 radical (unpaired) electrons. The molecule has 2 saturated carbocycles. The molecular formula is C16H22ClNO. The van der Waals surface area contributed by atoms with Crippen LogP contribution in [0.15, 0.2) is 24.3 Å². The zero-order valence-corrected chi connectivity index (χ0v) is 12.2. The van der Waals surface area contributed by atoms with Crippen molar-refractivity contribution >= 4 is 11.6 Å². The average Bonchev–Trinajstić information content (AvgIpc) is 2.99. The standard InChI is InChI=1S/C16H22ClNO/c1-15(19,13-4-2-3-5-14(13)17)16(10-18)9-11-6-7-12(16)8-11/h2-5,11-12,19H,6-10,18H2,1H3. The third-order valence-electron chi connectivity index (χ3n) is 5.71. The van der Waals surface area contributed by atoms with E-state index in [1.807, 2.05) is 31.2 Å². The van der Waals surface area contributed by atoms with Crippen molar-refractivity contribution in [1.82, 2.24) is 0 Å². The predicted molar refractivity (Wildman–Crippen MR) is 78.0 cm³/mol. The first-order valence-electron chi connectivity index (χ1n) is 7.19. The Hall–Kier alpha value is -0.570. The number of aliphatic hydroxyl groups is 1. The maximum Gasteiger partial charge on any atom is 0.0953 e. The average molecular weight is 280 g/mol. The van der Waals surface area contributed by atoms with Crippen LogP contribution < -0.4 is 5.73 Å². The molecule has 2 aliphatic carbocycles.